The van der Waals surface area contributed by atoms with E-state index >= 15 is 0 Å². The van der Waals surface area contributed by atoms with E-state index in [1.807, 2.05) is 43.3 Å². The zero-order chi connectivity index (χ0) is 16.7. The van der Waals surface area contributed by atoms with Crippen molar-refractivity contribution in [2.45, 2.75) is 6.92 Å². The Morgan fingerprint density at radius 2 is 1.83 bits per heavy atom. The zero-order valence-electron chi connectivity index (χ0n) is 12.6. The smallest absolute Gasteiger partial charge is 0.265 e. The Kier molecular flexibility index (Phi) is 3.63. The van der Waals surface area contributed by atoms with Gasteiger partial charge in [-0.15, -0.1) is 10.2 Å². The first-order valence-electron chi connectivity index (χ1n) is 7.21. The second-order valence-electron chi connectivity index (χ2n) is 5.33. The van der Waals surface area contributed by atoms with Crippen LogP contribution in [0.5, 0.6) is 0 Å². The Hall–Kier alpha value is -2.57. The van der Waals surface area contributed by atoms with E-state index in [2.05, 4.69) is 15.3 Å². The van der Waals surface area contributed by atoms with Gasteiger partial charge in [-0.2, -0.15) is 9.61 Å². The summed E-state index contributed by atoms with van der Waals surface area (Å²) >= 11 is 7.32. The minimum absolute atomic E-state index is 0.284. The number of hydrogen-bond donors (Lipinski definition) is 0. The molecule has 0 aliphatic carbocycles. The molecule has 0 bridgehead atoms. The lowest BCUT2D eigenvalue weighted by atomic mass is 10.1. The van der Waals surface area contributed by atoms with Crippen molar-refractivity contribution < 1.29 is 0 Å². The van der Waals surface area contributed by atoms with Crippen LogP contribution < -0.4 is 5.56 Å². The van der Waals surface area contributed by atoms with E-state index in [1.54, 1.807) is 12.1 Å². The van der Waals surface area contributed by atoms with E-state index in [0.717, 1.165) is 16.7 Å². The summed E-state index contributed by atoms with van der Waals surface area (Å²) in [5.74, 6) is 0. The summed E-state index contributed by atoms with van der Waals surface area (Å²) in [4.78, 5) is 13.2. The summed E-state index contributed by atoms with van der Waals surface area (Å²) in [7, 11) is 0. The van der Waals surface area contributed by atoms with Gasteiger partial charge in [-0.3, -0.25) is 4.79 Å². The van der Waals surface area contributed by atoms with Crippen molar-refractivity contribution in [2.75, 3.05) is 0 Å². The zero-order valence-corrected chi connectivity index (χ0v) is 14.2. The predicted octanol–water partition coefficient (Wildman–Crippen LogP) is 3.84. The Balaban J connectivity index is 1.88. The molecule has 2 heterocycles. The molecule has 118 valence electrons. The van der Waals surface area contributed by atoms with Crippen molar-refractivity contribution in [1.29, 1.82) is 0 Å². The maximum Gasteiger partial charge on any atom is 0.302 e. The number of halogens is 1. The monoisotopic (exact) mass is 354 g/mol. The summed E-state index contributed by atoms with van der Waals surface area (Å²) in [6.07, 6.45) is 0. The molecule has 0 saturated heterocycles. The summed E-state index contributed by atoms with van der Waals surface area (Å²) in [5.41, 5.74) is 2.69. The number of fused-ring (bicyclic) bond motifs is 1. The second-order valence-corrected chi connectivity index (χ2v) is 6.72. The molecule has 0 atom stereocenters. The van der Waals surface area contributed by atoms with Crippen LogP contribution in [-0.2, 0) is 0 Å². The standard InChI is InChI=1S/C17H11ClN4OS/c1-10-5-7-11(8-6-10)14-16(23)22-17(20-19-14)24-15(21-22)12-3-2-4-13(18)9-12/h2-9H,1H3. The van der Waals surface area contributed by atoms with Gasteiger partial charge in [0.2, 0.25) is 4.96 Å². The van der Waals surface area contributed by atoms with E-state index in [0.29, 0.717) is 15.0 Å². The van der Waals surface area contributed by atoms with Crippen LogP contribution in [0.3, 0.4) is 0 Å². The van der Waals surface area contributed by atoms with Crippen molar-refractivity contribution in [3.8, 4) is 21.8 Å². The maximum absolute atomic E-state index is 12.7. The highest BCUT2D eigenvalue weighted by molar-refractivity contribution is 7.19. The predicted molar refractivity (Wildman–Crippen MR) is 95.5 cm³/mol. The fraction of sp³-hybridized carbons (Fsp3) is 0.0588. The molecule has 0 unspecified atom stereocenters. The van der Waals surface area contributed by atoms with Gasteiger partial charge in [-0.05, 0) is 19.1 Å². The van der Waals surface area contributed by atoms with Crippen LogP contribution in [-0.4, -0.2) is 19.8 Å². The Labute approximate surface area is 146 Å². The van der Waals surface area contributed by atoms with Crippen molar-refractivity contribution in [3.63, 3.8) is 0 Å². The maximum atomic E-state index is 12.7. The minimum atomic E-state index is -0.284. The third-order valence-corrected chi connectivity index (χ3v) is 4.77. The first-order valence-corrected chi connectivity index (χ1v) is 8.41. The molecule has 5 nitrogen and oxygen atoms in total. The molecule has 0 spiro atoms. The molecule has 0 N–H and O–H groups in total. The van der Waals surface area contributed by atoms with Gasteiger partial charge in [0.25, 0.3) is 0 Å². The largest absolute Gasteiger partial charge is 0.302 e. The molecule has 7 heteroatoms. The highest BCUT2D eigenvalue weighted by Crippen LogP contribution is 2.26. The van der Waals surface area contributed by atoms with E-state index < -0.39 is 0 Å². The summed E-state index contributed by atoms with van der Waals surface area (Å²) in [6, 6.07) is 14.9. The molecule has 0 aliphatic heterocycles. The Morgan fingerprint density at radius 1 is 1.04 bits per heavy atom. The van der Waals surface area contributed by atoms with Crippen LogP contribution in [0.2, 0.25) is 5.02 Å². The molecule has 0 amide bonds. The summed E-state index contributed by atoms with van der Waals surface area (Å²) < 4.78 is 1.29. The van der Waals surface area contributed by atoms with Crippen LogP contribution in [0.1, 0.15) is 5.56 Å². The highest BCUT2D eigenvalue weighted by Gasteiger charge is 2.14. The average Bonchev–Trinajstić information content (AvgIpc) is 3.02. The first-order chi connectivity index (χ1) is 11.6. The third-order valence-electron chi connectivity index (χ3n) is 3.59. The second kappa shape index (κ2) is 5.81. The lowest BCUT2D eigenvalue weighted by molar-refractivity contribution is 0.862. The lowest BCUT2D eigenvalue weighted by Gasteiger charge is -1.99. The van der Waals surface area contributed by atoms with Gasteiger partial charge in [-0.25, -0.2) is 0 Å². The van der Waals surface area contributed by atoms with E-state index in [4.69, 9.17) is 11.6 Å². The van der Waals surface area contributed by atoms with Gasteiger partial charge < -0.3 is 0 Å². The van der Waals surface area contributed by atoms with Crippen LogP contribution in [0.4, 0.5) is 0 Å². The van der Waals surface area contributed by atoms with Crippen molar-refractivity contribution in [1.82, 2.24) is 19.8 Å². The lowest BCUT2D eigenvalue weighted by Crippen LogP contribution is -2.19. The fourth-order valence-electron chi connectivity index (χ4n) is 2.35. The minimum Gasteiger partial charge on any atom is -0.265 e. The topological polar surface area (TPSA) is 60.1 Å². The molecule has 0 fully saturated rings. The number of nitrogens with zero attached hydrogens (tertiary/aromatic N) is 4. The molecule has 4 aromatic rings. The highest BCUT2D eigenvalue weighted by atomic mass is 35.5. The molecule has 0 radical (unpaired) electrons. The van der Waals surface area contributed by atoms with Crippen LogP contribution in [0, 0.1) is 6.92 Å². The van der Waals surface area contributed by atoms with Crippen molar-refractivity contribution in [3.05, 3.63) is 69.5 Å². The van der Waals surface area contributed by atoms with Crippen LogP contribution in [0.25, 0.3) is 26.8 Å². The fourth-order valence-corrected chi connectivity index (χ4v) is 3.37. The number of aromatic nitrogens is 4. The SMILES string of the molecule is Cc1ccc(-c2nnc3sc(-c4cccc(Cl)c4)nn3c2=O)cc1. The quantitative estimate of drug-likeness (QED) is 0.548. The molecular weight excluding hydrogens is 344 g/mol. The summed E-state index contributed by atoms with van der Waals surface area (Å²) in [5, 5.41) is 13.9. The van der Waals surface area contributed by atoms with Crippen molar-refractivity contribution >= 4 is 27.9 Å². The molecule has 0 aliphatic rings. The van der Waals surface area contributed by atoms with Gasteiger partial charge in [0, 0.05) is 16.1 Å². The van der Waals surface area contributed by atoms with Gasteiger partial charge in [0.05, 0.1) is 0 Å². The number of hydrogen-bond acceptors (Lipinski definition) is 5. The van der Waals surface area contributed by atoms with Crippen molar-refractivity contribution in [2.24, 2.45) is 0 Å². The average molecular weight is 355 g/mol. The number of benzene rings is 2. The van der Waals surface area contributed by atoms with Gasteiger partial charge in [0.15, 0.2) is 5.69 Å². The normalized spacial score (nSPS) is 11.1. The van der Waals surface area contributed by atoms with Crippen LogP contribution >= 0.6 is 22.9 Å². The molecule has 4 rings (SSSR count). The Bertz CT molecular complexity index is 1100. The molecular formula is C17H11ClN4OS. The number of rotatable bonds is 2. The molecule has 0 saturated carbocycles. The van der Waals surface area contributed by atoms with E-state index in [1.165, 1.54) is 15.9 Å². The summed E-state index contributed by atoms with van der Waals surface area (Å²) in [6.45, 7) is 1.99. The molecule has 2 aromatic carbocycles. The van der Waals surface area contributed by atoms with E-state index in [-0.39, 0.29) is 11.3 Å². The molecule has 2 aromatic heterocycles. The van der Waals surface area contributed by atoms with Gasteiger partial charge >= 0.3 is 5.56 Å². The molecule has 24 heavy (non-hydrogen) atoms. The van der Waals surface area contributed by atoms with Crippen LogP contribution in [0.15, 0.2) is 53.3 Å². The Morgan fingerprint density at radius 3 is 2.58 bits per heavy atom. The van der Waals surface area contributed by atoms with E-state index in [9.17, 15) is 4.79 Å². The van der Waals surface area contributed by atoms with Gasteiger partial charge in [-0.1, -0.05) is 64.9 Å². The van der Waals surface area contributed by atoms with Gasteiger partial charge in [0.1, 0.15) is 5.01 Å². The third kappa shape index (κ3) is 2.60. The number of aryl methyl sites for hydroxylation is 1. The first kappa shape index (κ1) is 15.0.